The van der Waals surface area contributed by atoms with E-state index < -0.39 is 41.6 Å². The Morgan fingerprint density at radius 2 is 1.86 bits per heavy atom. The third kappa shape index (κ3) is 8.13. The lowest BCUT2D eigenvalue weighted by molar-refractivity contribution is -0.695. The Bertz CT molecular complexity index is 1440. The molecule has 222 valence electrons. The van der Waals surface area contributed by atoms with Crippen molar-refractivity contribution in [1.29, 1.82) is 0 Å². The molecule has 2 aliphatic rings. The van der Waals surface area contributed by atoms with E-state index in [0.717, 1.165) is 4.90 Å². The summed E-state index contributed by atoms with van der Waals surface area (Å²) in [5.41, 5.74) is 0.547. The number of aromatic nitrogens is 1. The Labute approximate surface area is 263 Å². The van der Waals surface area contributed by atoms with Crippen LogP contribution in [-0.4, -0.2) is 74.9 Å². The number of pyridine rings is 1. The quantitative estimate of drug-likeness (QED) is 0.122. The molecular weight excluding hydrogens is 647 g/mol. The maximum Gasteiger partial charge on any atom is 0.352 e. The fraction of sp³-hybridized carbons (Fsp3) is 0.308. The zero-order valence-corrected chi connectivity index (χ0v) is 25.7. The summed E-state index contributed by atoms with van der Waals surface area (Å²) in [5, 5.41) is 26.0. The molecule has 0 aliphatic carbocycles. The number of nitrogens with one attached hydrogen (secondary N) is 2. The Hall–Kier alpha value is -2.91. The minimum atomic E-state index is -1.44. The number of hydrogen-bond donors (Lipinski definition) is 3. The predicted octanol–water partition coefficient (Wildman–Crippen LogP) is 1.16. The minimum Gasteiger partial charge on any atom is -0.550 e. The van der Waals surface area contributed by atoms with Crippen molar-refractivity contribution in [2.45, 2.75) is 34.2 Å². The molecule has 2 atom stereocenters. The van der Waals surface area contributed by atoms with Crippen LogP contribution in [-0.2, 0) is 30.5 Å². The van der Waals surface area contributed by atoms with Crippen LogP contribution in [0.2, 0.25) is 10.0 Å². The standard InChI is InChI=1S/C26H24Cl2N4O7S3/c27-15-1-2-17(28)18(9-15)41-13-20(34)30-22-24(37)32-23(26(38)39)14(12-42-25(22)32)11-40-16-3-6-31(7-4-16)8-5-29-19(33)10-21(35)36/h1-4,6-7,9,22,25H,5,8,10-13H2,(H3-,29,30,33,34,35,36,38,39)/t22-,25-/m1/s1. The summed E-state index contributed by atoms with van der Waals surface area (Å²) in [6.07, 6.45) is 2.89. The highest BCUT2D eigenvalue weighted by atomic mass is 35.5. The van der Waals surface area contributed by atoms with E-state index in [2.05, 4.69) is 10.6 Å². The molecule has 3 N–H and O–H groups in total. The van der Waals surface area contributed by atoms with Gasteiger partial charge in [0.25, 0.3) is 5.91 Å². The number of carbonyl (C=O) groups excluding carboxylic acids is 4. The summed E-state index contributed by atoms with van der Waals surface area (Å²) in [6, 6.07) is 7.78. The summed E-state index contributed by atoms with van der Waals surface area (Å²) in [4.78, 5) is 62.2. The minimum absolute atomic E-state index is 0.0128. The fourth-order valence-electron chi connectivity index (χ4n) is 4.12. The van der Waals surface area contributed by atoms with Gasteiger partial charge in [0, 0.05) is 38.5 Å². The molecule has 1 aromatic heterocycles. The van der Waals surface area contributed by atoms with Gasteiger partial charge in [0.2, 0.25) is 11.8 Å². The van der Waals surface area contributed by atoms with Crippen molar-refractivity contribution in [2.75, 3.05) is 23.8 Å². The molecule has 3 amide bonds. The highest BCUT2D eigenvalue weighted by Crippen LogP contribution is 2.41. The third-order valence-electron chi connectivity index (χ3n) is 6.09. The van der Waals surface area contributed by atoms with E-state index in [0.29, 0.717) is 38.6 Å². The monoisotopic (exact) mass is 670 g/mol. The van der Waals surface area contributed by atoms with Crippen LogP contribution in [0.5, 0.6) is 0 Å². The number of rotatable bonds is 13. The number of β-lactam (4-membered cyclic amide) rings is 1. The number of thioether (sulfide) groups is 3. The van der Waals surface area contributed by atoms with E-state index in [1.54, 1.807) is 30.6 Å². The summed E-state index contributed by atoms with van der Waals surface area (Å²) >= 11 is 16.1. The van der Waals surface area contributed by atoms with Crippen LogP contribution in [0.1, 0.15) is 6.42 Å². The van der Waals surface area contributed by atoms with E-state index in [4.69, 9.17) is 23.2 Å². The Morgan fingerprint density at radius 3 is 2.55 bits per heavy atom. The molecule has 1 aromatic carbocycles. The van der Waals surface area contributed by atoms with Crippen molar-refractivity contribution >= 4 is 88.1 Å². The van der Waals surface area contributed by atoms with Gasteiger partial charge in [-0.25, -0.2) is 9.36 Å². The molecule has 2 aliphatic heterocycles. The third-order valence-corrected chi connectivity index (χ3v) is 10.3. The van der Waals surface area contributed by atoms with E-state index in [1.807, 2.05) is 16.7 Å². The molecule has 2 aromatic rings. The molecule has 4 rings (SSSR count). The number of fused-ring (bicyclic) bond motifs is 1. The van der Waals surface area contributed by atoms with Crippen LogP contribution in [0.15, 0.2) is 63.8 Å². The first-order valence-corrected chi connectivity index (χ1v) is 16.2. The van der Waals surface area contributed by atoms with Crippen molar-refractivity contribution in [3.05, 3.63) is 64.0 Å². The normalized spacial score (nSPS) is 17.8. The van der Waals surface area contributed by atoms with Crippen LogP contribution in [0.4, 0.5) is 0 Å². The Morgan fingerprint density at radius 1 is 1.12 bits per heavy atom. The molecule has 11 nitrogen and oxygen atoms in total. The number of carbonyl (C=O) groups is 5. The van der Waals surface area contributed by atoms with Gasteiger partial charge in [0.05, 0.1) is 29.7 Å². The second-order valence-corrected chi connectivity index (χ2v) is 13.0. The summed E-state index contributed by atoms with van der Waals surface area (Å²) in [7, 11) is 0. The topological polar surface area (TPSA) is 160 Å². The summed E-state index contributed by atoms with van der Waals surface area (Å²) < 4.78 is 1.81. The van der Waals surface area contributed by atoms with Gasteiger partial charge in [-0.15, -0.1) is 35.3 Å². The van der Waals surface area contributed by atoms with Crippen molar-refractivity contribution in [1.82, 2.24) is 15.5 Å². The lowest BCUT2D eigenvalue weighted by atomic mass is 10.0. The molecule has 0 bridgehead atoms. The van der Waals surface area contributed by atoms with E-state index in [-0.39, 0.29) is 23.9 Å². The lowest BCUT2D eigenvalue weighted by Gasteiger charge is -2.49. The van der Waals surface area contributed by atoms with Gasteiger partial charge in [-0.05, 0) is 23.8 Å². The van der Waals surface area contributed by atoms with Gasteiger partial charge >= 0.3 is 5.97 Å². The van der Waals surface area contributed by atoms with Gasteiger partial charge in [0.1, 0.15) is 17.1 Å². The van der Waals surface area contributed by atoms with Gasteiger partial charge in [-0.3, -0.25) is 19.3 Å². The number of carboxylic acids is 2. The molecular formula is C26H24Cl2N4O7S3. The first kappa shape index (κ1) is 32.0. The van der Waals surface area contributed by atoms with Crippen LogP contribution in [0.3, 0.4) is 0 Å². The number of benzene rings is 1. The zero-order chi connectivity index (χ0) is 30.4. The van der Waals surface area contributed by atoms with E-state index in [9.17, 15) is 34.2 Å². The Balaban J connectivity index is 1.30. The van der Waals surface area contributed by atoms with Crippen molar-refractivity contribution in [3.63, 3.8) is 0 Å². The largest absolute Gasteiger partial charge is 0.550 e. The molecule has 0 saturated carbocycles. The SMILES string of the molecule is O=C([O-])CC(=O)NCC[n+]1ccc(SCC2=C(C(=O)O)N3C(=O)[C@@H](NC(=O)CSc4cc(Cl)ccc4Cl)[C@H]3SC2)cc1. The summed E-state index contributed by atoms with van der Waals surface area (Å²) in [5.74, 6) is -3.36. The van der Waals surface area contributed by atoms with Gasteiger partial charge in [-0.1, -0.05) is 23.2 Å². The number of hydrogen-bond acceptors (Lipinski definition) is 9. The maximum atomic E-state index is 12.9. The van der Waals surface area contributed by atoms with E-state index >= 15 is 0 Å². The molecule has 0 radical (unpaired) electrons. The molecule has 3 heterocycles. The molecule has 0 spiro atoms. The fourth-order valence-corrected chi connectivity index (χ4v) is 7.79. The average molecular weight is 672 g/mol. The van der Waals surface area contributed by atoms with Crippen LogP contribution in [0.25, 0.3) is 0 Å². The smallest absolute Gasteiger partial charge is 0.352 e. The van der Waals surface area contributed by atoms with Gasteiger partial charge in [-0.2, -0.15) is 0 Å². The van der Waals surface area contributed by atoms with Crippen molar-refractivity contribution in [2.24, 2.45) is 0 Å². The number of amides is 3. The molecule has 42 heavy (non-hydrogen) atoms. The molecule has 1 fully saturated rings. The van der Waals surface area contributed by atoms with Gasteiger partial charge < -0.3 is 25.6 Å². The lowest BCUT2D eigenvalue weighted by Crippen LogP contribution is -2.70. The first-order valence-electron chi connectivity index (χ1n) is 12.4. The van der Waals surface area contributed by atoms with Gasteiger partial charge in [0.15, 0.2) is 18.9 Å². The van der Waals surface area contributed by atoms with Crippen LogP contribution >= 0.6 is 58.5 Å². The second-order valence-electron chi connectivity index (χ2n) is 9.03. The number of carboxylic acid groups (broad SMARTS) is 2. The number of halogens is 2. The average Bonchev–Trinajstić information content (AvgIpc) is 2.94. The highest BCUT2D eigenvalue weighted by molar-refractivity contribution is 8.01. The molecule has 1 saturated heterocycles. The number of aliphatic carboxylic acids is 2. The Kier molecular flexibility index (Phi) is 11.1. The molecule has 0 unspecified atom stereocenters. The zero-order valence-electron chi connectivity index (χ0n) is 21.7. The maximum absolute atomic E-state index is 12.9. The van der Waals surface area contributed by atoms with Crippen molar-refractivity contribution < 1.29 is 38.8 Å². The summed E-state index contributed by atoms with van der Waals surface area (Å²) in [6.45, 7) is 0.675. The van der Waals surface area contributed by atoms with Crippen molar-refractivity contribution in [3.8, 4) is 0 Å². The predicted molar refractivity (Wildman–Crippen MR) is 157 cm³/mol. The van der Waals surface area contributed by atoms with E-state index in [1.165, 1.54) is 40.2 Å². The molecule has 16 heteroatoms. The van der Waals surface area contributed by atoms with Crippen LogP contribution < -0.4 is 20.3 Å². The second kappa shape index (κ2) is 14.5. The highest BCUT2D eigenvalue weighted by Gasteiger charge is 2.54. The first-order chi connectivity index (χ1) is 20.0. The van der Waals surface area contributed by atoms with Crippen LogP contribution in [0, 0.1) is 0 Å². The number of nitrogens with zero attached hydrogens (tertiary/aromatic N) is 2.